The molecule has 3 rings (SSSR count). The van der Waals surface area contributed by atoms with Gasteiger partial charge in [0.1, 0.15) is 18.0 Å². The van der Waals surface area contributed by atoms with Crippen LogP contribution in [0.25, 0.3) is 11.3 Å². The molecule has 7 heteroatoms. The number of methoxy groups -OCH3 is 1. The van der Waals surface area contributed by atoms with Crippen LogP contribution in [0.5, 0.6) is 5.75 Å². The Kier molecular flexibility index (Phi) is 4.33. The summed E-state index contributed by atoms with van der Waals surface area (Å²) in [6.45, 7) is 0.232. The summed E-state index contributed by atoms with van der Waals surface area (Å²) < 4.78 is 11.8. The van der Waals surface area contributed by atoms with Crippen molar-refractivity contribution >= 4 is 5.69 Å². The van der Waals surface area contributed by atoms with Crippen LogP contribution in [0.2, 0.25) is 0 Å². The molecule has 0 atom stereocenters. The minimum absolute atomic E-state index is 0.191. The summed E-state index contributed by atoms with van der Waals surface area (Å²) in [4.78, 5) is 13.9. The molecule has 0 aliphatic rings. The van der Waals surface area contributed by atoms with Crippen LogP contribution < -0.4 is 15.2 Å². The Hall–Kier alpha value is -3.09. The molecule has 2 heterocycles. The number of hydrogen-bond donors (Lipinski definition) is 0. The predicted octanol–water partition coefficient (Wildman–Crippen LogP) is 2.02. The van der Waals surface area contributed by atoms with Crippen molar-refractivity contribution in [2.75, 3.05) is 26.1 Å². The van der Waals surface area contributed by atoms with Crippen LogP contribution in [-0.2, 0) is 6.54 Å². The van der Waals surface area contributed by atoms with Crippen LogP contribution in [0.15, 0.2) is 51.9 Å². The molecule has 124 valence electrons. The highest BCUT2D eigenvalue weighted by atomic mass is 16.5. The summed E-state index contributed by atoms with van der Waals surface area (Å²) >= 11 is 0. The summed E-state index contributed by atoms with van der Waals surface area (Å²) in [5.41, 5.74) is 2.18. The summed E-state index contributed by atoms with van der Waals surface area (Å²) in [5.74, 6) is 1.34. The van der Waals surface area contributed by atoms with Crippen LogP contribution in [-0.4, -0.2) is 36.1 Å². The molecular formula is C17H18N4O3. The molecule has 0 fully saturated rings. The van der Waals surface area contributed by atoms with E-state index in [1.165, 1.54) is 10.7 Å². The minimum Gasteiger partial charge on any atom is -0.497 e. The van der Waals surface area contributed by atoms with Gasteiger partial charge >= 0.3 is 0 Å². The fourth-order valence-electron chi connectivity index (χ4n) is 2.22. The molecule has 3 aromatic rings. The maximum absolute atomic E-state index is 12.1. The van der Waals surface area contributed by atoms with Crippen molar-refractivity contribution in [3.63, 3.8) is 0 Å². The smallest absolute Gasteiger partial charge is 0.269 e. The first-order valence-corrected chi connectivity index (χ1v) is 7.41. The van der Waals surface area contributed by atoms with Gasteiger partial charge in [0, 0.05) is 31.8 Å². The van der Waals surface area contributed by atoms with Gasteiger partial charge in [0.2, 0.25) is 0 Å². The summed E-state index contributed by atoms with van der Waals surface area (Å²) in [6, 6.07) is 10.8. The first kappa shape index (κ1) is 15.8. The second-order valence-corrected chi connectivity index (χ2v) is 5.51. The number of benzene rings is 1. The van der Waals surface area contributed by atoms with Gasteiger partial charge < -0.3 is 14.2 Å². The molecule has 0 saturated heterocycles. The molecule has 0 aliphatic heterocycles. The highest BCUT2D eigenvalue weighted by Gasteiger charge is 2.09. The van der Waals surface area contributed by atoms with Crippen molar-refractivity contribution in [2.45, 2.75) is 6.54 Å². The quantitative estimate of drug-likeness (QED) is 0.714. The lowest BCUT2D eigenvalue weighted by Crippen LogP contribution is -2.24. The Morgan fingerprint density at radius 3 is 2.58 bits per heavy atom. The van der Waals surface area contributed by atoms with Gasteiger partial charge in [0.05, 0.1) is 19.0 Å². The number of aromatic nitrogens is 3. The van der Waals surface area contributed by atoms with E-state index in [1.54, 1.807) is 19.4 Å². The molecule has 2 aromatic heterocycles. The van der Waals surface area contributed by atoms with E-state index >= 15 is 0 Å². The van der Waals surface area contributed by atoms with Crippen LogP contribution in [0.3, 0.4) is 0 Å². The van der Waals surface area contributed by atoms with Gasteiger partial charge in [-0.25, -0.2) is 4.68 Å². The van der Waals surface area contributed by atoms with E-state index < -0.39 is 0 Å². The zero-order valence-corrected chi connectivity index (χ0v) is 13.8. The van der Waals surface area contributed by atoms with Crippen LogP contribution in [0.4, 0.5) is 5.69 Å². The number of nitrogens with zero attached hydrogens (tertiary/aromatic N) is 4. The Balaban J connectivity index is 1.80. The van der Waals surface area contributed by atoms with Crippen LogP contribution >= 0.6 is 0 Å². The molecule has 0 radical (unpaired) electrons. The SMILES string of the molecule is COc1ccc(-c2cc(Cn3ncc(N(C)C)cc3=O)on2)cc1. The molecular weight excluding hydrogens is 308 g/mol. The lowest BCUT2D eigenvalue weighted by Gasteiger charge is -2.11. The zero-order chi connectivity index (χ0) is 17.1. The summed E-state index contributed by atoms with van der Waals surface area (Å²) in [7, 11) is 5.34. The molecule has 1 aromatic carbocycles. The highest BCUT2D eigenvalue weighted by Crippen LogP contribution is 2.22. The predicted molar refractivity (Wildman–Crippen MR) is 90.4 cm³/mol. The van der Waals surface area contributed by atoms with E-state index in [2.05, 4.69) is 10.3 Å². The Morgan fingerprint density at radius 1 is 1.21 bits per heavy atom. The highest BCUT2D eigenvalue weighted by molar-refractivity contribution is 5.59. The monoisotopic (exact) mass is 326 g/mol. The van der Waals surface area contributed by atoms with Gasteiger partial charge in [-0.05, 0) is 24.3 Å². The molecule has 0 bridgehead atoms. The lowest BCUT2D eigenvalue weighted by atomic mass is 10.1. The maximum atomic E-state index is 12.1. The largest absolute Gasteiger partial charge is 0.497 e. The van der Waals surface area contributed by atoms with E-state index in [-0.39, 0.29) is 12.1 Å². The van der Waals surface area contributed by atoms with E-state index in [4.69, 9.17) is 9.26 Å². The van der Waals surface area contributed by atoms with Gasteiger partial charge in [0.25, 0.3) is 5.56 Å². The lowest BCUT2D eigenvalue weighted by molar-refractivity contribution is 0.370. The normalized spacial score (nSPS) is 10.6. The first-order valence-electron chi connectivity index (χ1n) is 7.41. The Bertz CT molecular complexity index is 881. The minimum atomic E-state index is -0.191. The Labute approximate surface area is 139 Å². The van der Waals surface area contributed by atoms with Gasteiger partial charge in [-0.2, -0.15) is 5.10 Å². The third kappa shape index (κ3) is 3.29. The molecule has 0 spiro atoms. The van der Waals surface area contributed by atoms with E-state index in [9.17, 15) is 4.79 Å². The molecule has 0 unspecified atom stereocenters. The molecule has 0 amide bonds. The fraction of sp³-hybridized carbons (Fsp3) is 0.235. The van der Waals surface area contributed by atoms with Crippen molar-refractivity contribution in [3.8, 4) is 17.0 Å². The second kappa shape index (κ2) is 6.57. The standard InChI is InChI=1S/C17H18N4O3/c1-20(2)13-8-17(22)21(18-10-13)11-15-9-16(19-24-15)12-4-6-14(23-3)7-5-12/h4-10H,11H2,1-3H3. The van der Waals surface area contributed by atoms with Crippen molar-refractivity contribution in [3.05, 3.63) is 58.7 Å². The van der Waals surface area contributed by atoms with Crippen molar-refractivity contribution in [2.24, 2.45) is 0 Å². The average Bonchev–Trinajstić information content (AvgIpc) is 3.05. The van der Waals surface area contributed by atoms with E-state index in [0.717, 1.165) is 17.0 Å². The molecule has 0 N–H and O–H groups in total. The molecule has 0 aliphatic carbocycles. The zero-order valence-electron chi connectivity index (χ0n) is 13.8. The van der Waals surface area contributed by atoms with Gasteiger partial charge in [-0.15, -0.1) is 0 Å². The topological polar surface area (TPSA) is 73.4 Å². The molecule has 0 saturated carbocycles. The summed E-state index contributed by atoms with van der Waals surface area (Å²) in [6.07, 6.45) is 1.64. The van der Waals surface area contributed by atoms with Crippen molar-refractivity contribution < 1.29 is 9.26 Å². The molecule has 7 nitrogen and oxygen atoms in total. The second-order valence-electron chi connectivity index (χ2n) is 5.51. The third-order valence-electron chi connectivity index (χ3n) is 3.62. The van der Waals surface area contributed by atoms with Gasteiger partial charge in [0.15, 0.2) is 5.76 Å². The van der Waals surface area contributed by atoms with Gasteiger partial charge in [-0.3, -0.25) is 4.79 Å². The number of anilines is 1. The average molecular weight is 326 g/mol. The van der Waals surface area contributed by atoms with Gasteiger partial charge in [-0.1, -0.05) is 5.16 Å². The van der Waals surface area contributed by atoms with Crippen molar-refractivity contribution in [1.82, 2.24) is 14.9 Å². The third-order valence-corrected chi connectivity index (χ3v) is 3.62. The number of ether oxygens (including phenoxy) is 1. The van der Waals surface area contributed by atoms with Crippen LogP contribution in [0, 0.1) is 0 Å². The first-order chi connectivity index (χ1) is 11.6. The van der Waals surface area contributed by atoms with E-state index in [1.807, 2.05) is 43.3 Å². The fourth-order valence-corrected chi connectivity index (χ4v) is 2.22. The number of rotatable bonds is 5. The van der Waals surface area contributed by atoms with Crippen LogP contribution in [0.1, 0.15) is 5.76 Å². The molecule has 24 heavy (non-hydrogen) atoms. The van der Waals surface area contributed by atoms with E-state index in [0.29, 0.717) is 11.5 Å². The Morgan fingerprint density at radius 2 is 1.96 bits per heavy atom. The maximum Gasteiger partial charge on any atom is 0.269 e. The number of hydrogen-bond acceptors (Lipinski definition) is 6. The van der Waals surface area contributed by atoms with Crippen molar-refractivity contribution in [1.29, 1.82) is 0 Å². The summed E-state index contributed by atoms with van der Waals surface area (Å²) in [5, 5.41) is 8.20.